The second-order valence-electron chi connectivity index (χ2n) is 5.66. The molecule has 0 aliphatic carbocycles. The van der Waals surface area contributed by atoms with Gasteiger partial charge in [-0.3, -0.25) is 4.79 Å². The third kappa shape index (κ3) is 2.65. The lowest BCUT2D eigenvalue weighted by Gasteiger charge is -2.18. The lowest BCUT2D eigenvalue weighted by molar-refractivity contribution is -0.115. The van der Waals surface area contributed by atoms with Crippen molar-refractivity contribution in [1.82, 2.24) is 5.32 Å². The third-order valence-corrected chi connectivity index (χ3v) is 3.97. The molecule has 0 bridgehead atoms. The van der Waals surface area contributed by atoms with Gasteiger partial charge in [0.1, 0.15) is 24.7 Å². The molecule has 1 amide bonds. The summed E-state index contributed by atoms with van der Waals surface area (Å²) in [6.45, 7) is 3.08. The summed E-state index contributed by atoms with van der Waals surface area (Å²) in [7, 11) is 0. The second kappa shape index (κ2) is 5.85. The van der Waals surface area contributed by atoms with Crippen molar-refractivity contribution in [3.63, 3.8) is 0 Å². The molecule has 0 saturated heterocycles. The highest BCUT2D eigenvalue weighted by atomic mass is 16.6. The standard InChI is InChI=1S/C19H16N2O3/c1-12-4-2-3-5-14(12)18-20-15(19(22)21-18)10-13-6-7-16-17(11-13)24-9-8-23-16/h2-7,10-11H,8-9H2,1H3,(H,20,21,22)/b15-10+. The Morgan fingerprint density at radius 3 is 2.71 bits per heavy atom. The van der Waals surface area contributed by atoms with E-state index >= 15 is 0 Å². The van der Waals surface area contributed by atoms with Gasteiger partial charge in [-0.1, -0.05) is 30.3 Å². The summed E-state index contributed by atoms with van der Waals surface area (Å²) in [5, 5.41) is 2.83. The molecule has 0 atom stereocenters. The van der Waals surface area contributed by atoms with Gasteiger partial charge in [-0.05, 0) is 36.3 Å². The number of carbonyl (C=O) groups is 1. The fraction of sp³-hybridized carbons (Fsp3) is 0.158. The quantitative estimate of drug-likeness (QED) is 0.866. The Bertz CT molecular complexity index is 884. The molecule has 0 unspecified atom stereocenters. The maximum absolute atomic E-state index is 12.2. The van der Waals surface area contributed by atoms with Gasteiger partial charge in [-0.2, -0.15) is 0 Å². The molecule has 0 saturated carbocycles. The SMILES string of the molecule is Cc1ccccc1C1=N/C(=C/c2ccc3c(c2)OCCO3)C(=O)N1. The van der Waals surface area contributed by atoms with Gasteiger partial charge in [0.15, 0.2) is 11.5 Å². The predicted octanol–water partition coefficient (Wildman–Crippen LogP) is 2.68. The molecule has 2 aliphatic rings. The summed E-state index contributed by atoms with van der Waals surface area (Å²) < 4.78 is 11.1. The minimum Gasteiger partial charge on any atom is -0.486 e. The molecule has 1 N–H and O–H groups in total. The largest absolute Gasteiger partial charge is 0.486 e. The van der Waals surface area contributed by atoms with Crippen LogP contribution in [0.5, 0.6) is 11.5 Å². The van der Waals surface area contributed by atoms with E-state index in [4.69, 9.17) is 9.47 Å². The number of amides is 1. The molecular formula is C19H16N2O3. The van der Waals surface area contributed by atoms with Crippen molar-refractivity contribution in [2.45, 2.75) is 6.92 Å². The van der Waals surface area contributed by atoms with E-state index in [0.29, 0.717) is 30.5 Å². The van der Waals surface area contributed by atoms with Gasteiger partial charge in [0.05, 0.1) is 0 Å². The zero-order valence-corrected chi connectivity index (χ0v) is 13.2. The Balaban J connectivity index is 1.67. The zero-order valence-electron chi connectivity index (χ0n) is 13.2. The van der Waals surface area contributed by atoms with Gasteiger partial charge < -0.3 is 14.8 Å². The number of aryl methyl sites for hydroxylation is 1. The predicted molar refractivity (Wildman–Crippen MR) is 91.3 cm³/mol. The van der Waals surface area contributed by atoms with E-state index < -0.39 is 0 Å². The fourth-order valence-electron chi connectivity index (χ4n) is 2.74. The molecule has 5 nitrogen and oxygen atoms in total. The van der Waals surface area contributed by atoms with Crippen LogP contribution in [0.3, 0.4) is 0 Å². The number of hydrogen-bond donors (Lipinski definition) is 1. The van der Waals surface area contributed by atoms with E-state index in [-0.39, 0.29) is 5.91 Å². The van der Waals surface area contributed by atoms with Crippen LogP contribution in [-0.4, -0.2) is 25.0 Å². The Morgan fingerprint density at radius 1 is 1.08 bits per heavy atom. The molecule has 2 aliphatic heterocycles. The van der Waals surface area contributed by atoms with Crippen LogP contribution in [0.25, 0.3) is 6.08 Å². The van der Waals surface area contributed by atoms with Gasteiger partial charge in [0.2, 0.25) is 0 Å². The summed E-state index contributed by atoms with van der Waals surface area (Å²) in [6, 6.07) is 13.4. The maximum Gasteiger partial charge on any atom is 0.275 e. The van der Waals surface area contributed by atoms with E-state index in [1.807, 2.05) is 49.4 Å². The van der Waals surface area contributed by atoms with Gasteiger partial charge in [0, 0.05) is 5.56 Å². The molecule has 0 radical (unpaired) electrons. The first-order chi connectivity index (χ1) is 11.7. The number of nitrogens with zero attached hydrogens (tertiary/aromatic N) is 1. The van der Waals surface area contributed by atoms with Crippen molar-refractivity contribution in [1.29, 1.82) is 0 Å². The summed E-state index contributed by atoms with van der Waals surface area (Å²) in [6.07, 6.45) is 1.75. The molecule has 0 aromatic heterocycles. The first-order valence-electron chi connectivity index (χ1n) is 7.78. The molecule has 5 heteroatoms. The highest BCUT2D eigenvalue weighted by molar-refractivity contribution is 6.20. The summed E-state index contributed by atoms with van der Waals surface area (Å²) in [4.78, 5) is 16.7. The Kier molecular flexibility index (Phi) is 3.54. The lowest BCUT2D eigenvalue weighted by Crippen LogP contribution is -2.25. The van der Waals surface area contributed by atoms with Crippen LogP contribution in [0.2, 0.25) is 0 Å². The second-order valence-corrected chi connectivity index (χ2v) is 5.66. The highest BCUT2D eigenvalue weighted by Gasteiger charge is 2.22. The zero-order chi connectivity index (χ0) is 16.5. The van der Waals surface area contributed by atoms with Crippen molar-refractivity contribution in [3.05, 3.63) is 64.9 Å². The molecule has 0 fully saturated rings. The van der Waals surface area contributed by atoms with Crippen LogP contribution >= 0.6 is 0 Å². The minimum atomic E-state index is -0.205. The molecule has 24 heavy (non-hydrogen) atoms. The number of fused-ring (bicyclic) bond motifs is 1. The number of amidine groups is 1. The number of carbonyl (C=O) groups excluding carboxylic acids is 1. The van der Waals surface area contributed by atoms with Crippen molar-refractivity contribution in [2.75, 3.05) is 13.2 Å². The lowest BCUT2D eigenvalue weighted by atomic mass is 10.1. The van der Waals surface area contributed by atoms with E-state index in [1.165, 1.54) is 0 Å². The number of aliphatic imine (C=N–C) groups is 1. The van der Waals surface area contributed by atoms with Crippen molar-refractivity contribution in [2.24, 2.45) is 4.99 Å². The Labute approximate surface area is 139 Å². The molecule has 2 aromatic carbocycles. The van der Waals surface area contributed by atoms with Gasteiger partial charge in [-0.15, -0.1) is 0 Å². The van der Waals surface area contributed by atoms with E-state index in [1.54, 1.807) is 6.08 Å². The summed E-state index contributed by atoms with van der Waals surface area (Å²) >= 11 is 0. The molecule has 4 rings (SSSR count). The monoisotopic (exact) mass is 320 g/mol. The first-order valence-corrected chi connectivity index (χ1v) is 7.78. The summed E-state index contributed by atoms with van der Waals surface area (Å²) in [5.74, 6) is 1.80. The Morgan fingerprint density at radius 2 is 1.88 bits per heavy atom. The van der Waals surface area contributed by atoms with Crippen molar-refractivity contribution >= 4 is 17.8 Å². The third-order valence-electron chi connectivity index (χ3n) is 3.97. The first kappa shape index (κ1) is 14.5. The molecule has 2 aromatic rings. The van der Waals surface area contributed by atoms with Gasteiger partial charge >= 0.3 is 0 Å². The smallest absolute Gasteiger partial charge is 0.275 e. The molecule has 2 heterocycles. The number of nitrogens with one attached hydrogen (secondary N) is 1. The van der Waals surface area contributed by atoms with Crippen LogP contribution in [0.1, 0.15) is 16.7 Å². The van der Waals surface area contributed by atoms with Crippen LogP contribution < -0.4 is 14.8 Å². The van der Waals surface area contributed by atoms with Crippen molar-refractivity contribution in [3.8, 4) is 11.5 Å². The van der Waals surface area contributed by atoms with Crippen LogP contribution in [0.4, 0.5) is 0 Å². The maximum atomic E-state index is 12.2. The number of benzene rings is 2. The highest BCUT2D eigenvalue weighted by Crippen LogP contribution is 2.31. The summed E-state index contributed by atoms with van der Waals surface area (Å²) in [5.41, 5.74) is 3.22. The topological polar surface area (TPSA) is 59.9 Å². The Hall–Kier alpha value is -3.08. The van der Waals surface area contributed by atoms with Gasteiger partial charge in [0.25, 0.3) is 5.91 Å². The fourth-order valence-corrected chi connectivity index (χ4v) is 2.74. The van der Waals surface area contributed by atoms with E-state index in [2.05, 4.69) is 10.3 Å². The molecular weight excluding hydrogens is 304 g/mol. The van der Waals surface area contributed by atoms with Crippen LogP contribution in [0.15, 0.2) is 53.2 Å². The molecule has 0 spiro atoms. The van der Waals surface area contributed by atoms with Gasteiger partial charge in [-0.25, -0.2) is 4.99 Å². The molecule has 120 valence electrons. The number of hydrogen-bond acceptors (Lipinski definition) is 4. The van der Waals surface area contributed by atoms with Crippen LogP contribution in [-0.2, 0) is 4.79 Å². The normalized spacial score (nSPS) is 17.6. The van der Waals surface area contributed by atoms with E-state index in [9.17, 15) is 4.79 Å². The average Bonchev–Trinajstić information content (AvgIpc) is 2.96. The minimum absolute atomic E-state index is 0.205. The number of ether oxygens (including phenoxy) is 2. The average molecular weight is 320 g/mol. The van der Waals surface area contributed by atoms with Crippen molar-refractivity contribution < 1.29 is 14.3 Å². The number of rotatable bonds is 2. The van der Waals surface area contributed by atoms with E-state index in [0.717, 1.165) is 22.4 Å². The van der Waals surface area contributed by atoms with Crippen LogP contribution in [0, 0.1) is 6.92 Å².